The molecule has 1 aliphatic heterocycles. The van der Waals surface area contributed by atoms with E-state index >= 15 is 0 Å². The standard InChI is InChI=1S/C11H13BrClNOS/c12-10-1-2-11(9(7-10)8-13)14-3-5-16(15)6-4-14/h1-2,7H,3-6,8H2. The van der Waals surface area contributed by atoms with Gasteiger partial charge in [0, 0.05) is 51.4 Å². The third-order valence-electron chi connectivity index (χ3n) is 2.70. The number of rotatable bonds is 2. The van der Waals surface area contributed by atoms with Crippen LogP contribution in [-0.4, -0.2) is 28.8 Å². The molecule has 0 radical (unpaired) electrons. The number of benzene rings is 1. The summed E-state index contributed by atoms with van der Waals surface area (Å²) in [6.45, 7) is 1.72. The van der Waals surface area contributed by atoms with Gasteiger partial charge in [-0.05, 0) is 23.8 Å². The van der Waals surface area contributed by atoms with Gasteiger partial charge >= 0.3 is 0 Å². The first-order chi connectivity index (χ1) is 7.70. The second-order valence-electron chi connectivity index (χ2n) is 3.74. The lowest BCUT2D eigenvalue weighted by Crippen LogP contribution is -2.38. The summed E-state index contributed by atoms with van der Waals surface area (Å²) >= 11 is 9.39. The predicted octanol–water partition coefficient (Wildman–Crippen LogP) is 2.76. The van der Waals surface area contributed by atoms with Crippen LogP contribution in [0.2, 0.25) is 0 Å². The second kappa shape index (κ2) is 5.52. The van der Waals surface area contributed by atoms with Crippen LogP contribution in [0.1, 0.15) is 5.56 Å². The van der Waals surface area contributed by atoms with Crippen LogP contribution in [0.4, 0.5) is 5.69 Å². The number of hydrogen-bond acceptors (Lipinski definition) is 2. The first kappa shape index (κ1) is 12.4. The molecule has 0 aliphatic carbocycles. The maximum absolute atomic E-state index is 11.3. The molecule has 1 fully saturated rings. The fourth-order valence-corrected chi connectivity index (χ4v) is 3.52. The molecule has 0 amide bonds. The quantitative estimate of drug-likeness (QED) is 0.780. The van der Waals surface area contributed by atoms with Gasteiger partial charge in [-0.25, -0.2) is 0 Å². The fraction of sp³-hybridized carbons (Fsp3) is 0.455. The lowest BCUT2D eigenvalue weighted by molar-refractivity contribution is 0.673. The highest BCUT2D eigenvalue weighted by Gasteiger charge is 2.17. The molecule has 1 aromatic rings. The molecule has 0 bridgehead atoms. The molecule has 16 heavy (non-hydrogen) atoms. The minimum absolute atomic E-state index is 0.508. The number of hydrogen-bond donors (Lipinski definition) is 0. The lowest BCUT2D eigenvalue weighted by atomic mass is 10.2. The highest BCUT2D eigenvalue weighted by Crippen LogP contribution is 2.26. The van der Waals surface area contributed by atoms with Gasteiger partial charge in [0.05, 0.1) is 0 Å². The first-order valence-corrected chi connectivity index (χ1v) is 7.96. The van der Waals surface area contributed by atoms with Crippen molar-refractivity contribution in [2.45, 2.75) is 5.88 Å². The zero-order valence-electron chi connectivity index (χ0n) is 8.79. The van der Waals surface area contributed by atoms with Gasteiger partial charge in [0.15, 0.2) is 0 Å². The summed E-state index contributed by atoms with van der Waals surface area (Å²) in [6, 6.07) is 6.15. The maximum Gasteiger partial charge on any atom is 0.0494 e. The minimum Gasteiger partial charge on any atom is -0.369 e. The molecule has 0 aromatic heterocycles. The van der Waals surface area contributed by atoms with E-state index in [1.54, 1.807) is 0 Å². The van der Waals surface area contributed by atoms with Crippen molar-refractivity contribution in [2.24, 2.45) is 0 Å². The van der Waals surface area contributed by atoms with Crippen molar-refractivity contribution in [3.05, 3.63) is 28.2 Å². The Balaban J connectivity index is 2.22. The number of nitrogens with zero attached hydrogens (tertiary/aromatic N) is 1. The Labute approximate surface area is 112 Å². The topological polar surface area (TPSA) is 20.3 Å². The van der Waals surface area contributed by atoms with Crippen LogP contribution >= 0.6 is 27.5 Å². The van der Waals surface area contributed by atoms with Gasteiger partial charge in [-0.1, -0.05) is 15.9 Å². The van der Waals surface area contributed by atoms with E-state index in [0.717, 1.165) is 34.6 Å². The van der Waals surface area contributed by atoms with E-state index in [1.165, 1.54) is 5.69 Å². The molecule has 1 aromatic carbocycles. The van der Waals surface area contributed by atoms with E-state index in [0.29, 0.717) is 5.88 Å². The Morgan fingerprint density at radius 3 is 2.69 bits per heavy atom. The van der Waals surface area contributed by atoms with Crippen molar-refractivity contribution in [3.8, 4) is 0 Å². The monoisotopic (exact) mass is 321 g/mol. The molecule has 5 heteroatoms. The third-order valence-corrected chi connectivity index (χ3v) is 4.76. The Morgan fingerprint density at radius 1 is 1.38 bits per heavy atom. The summed E-state index contributed by atoms with van der Waals surface area (Å²) in [5.41, 5.74) is 2.30. The summed E-state index contributed by atoms with van der Waals surface area (Å²) in [6.07, 6.45) is 0. The zero-order chi connectivity index (χ0) is 11.5. The minimum atomic E-state index is -0.632. The van der Waals surface area contributed by atoms with Gasteiger partial charge in [0.25, 0.3) is 0 Å². The average molecular weight is 323 g/mol. The Morgan fingerprint density at radius 2 is 2.06 bits per heavy atom. The molecule has 1 heterocycles. The molecule has 0 spiro atoms. The number of anilines is 1. The largest absolute Gasteiger partial charge is 0.369 e. The van der Waals surface area contributed by atoms with E-state index in [-0.39, 0.29) is 0 Å². The van der Waals surface area contributed by atoms with E-state index < -0.39 is 10.8 Å². The van der Waals surface area contributed by atoms with Gasteiger partial charge in [-0.3, -0.25) is 4.21 Å². The molecule has 0 unspecified atom stereocenters. The van der Waals surface area contributed by atoms with Gasteiger partial charge in [0.2, 0.25) is 0 Å². The molecular formula is C11H13BrClNOS. The smallest absolute Gasteiger partial charge is 0.0494 e. The summed E-state index contributed by atoms with van der Waals surface area (Å²) in [5.74, 6) is 2.03. The third kappa shape index (κ3) is 2.79. The lowest BCUT2D eigenvalue weighted by Gasteiger charge is -2.30. The van der Waals surface area contributed by atoms with Gasteiger partial charge in [0.1, 0.15) is 0 Å². The van der Waals surface area contributed by atoms with E-state index in [1.807, 2.05) is 12.1 Å². The normalized spacial score (nSPS) is 17.8. The van der Waals surface area contributed by atoms with Gasteiger partial charge in [-0.15, -0.1) is 11.6 Å². The van der Waals surface area contributed by atoms with Crippen LogP contribution in [0.25, 0.3) is 0 Å². The summed E-state index contributed by atoms with van der Waals surface area (Å²) < 4.78 is 12.3. The Hall–Kier alpha value is -0.0600. The molecule has 88 valence electrons. The van der Waals surface area contributed by atoms with Crippen molar-refractivity contribution in [1.82, 2.24) is 0 Å². The van der Waals surface area contributed by atoms with E-state index in [4.69, 9.17) is 11.6 Å². The van der Waals surface area contributed by atoms with Crippen molar-refractivity contribution in [3.63, 3.8) is 0 Å². The molecule has 1 saturated heterocycles. The second-order valence-corrected chi connectivity index (χ2v) is 6.62. The molecular weight excluding hydrogens is 310 g/mol. The molecule has 1 aliphatic rings. The zero-order valence-corrected chi connectivity index (χ0v) is 11.9. The number of alkyl halides is 1. The SMILES string of the molecule is O=S1CCN(c2ccc(Br)cc2CCl)CC1. The molecule has 2 nitrogen and oxygen atoms in total. The first-order valence-electron chi connectivity index (χ1n) is 5.15. The highest BCUT2D eigenvalue weighted by molar-refractivity contribution is 9.10. The van der Waals surface area contributed by atoms with Crippen LogP contribution in [-0.2, 0) is 16.7 Å². The summed E-state index contributed by atoms with van der Waals surface area (Å²) in [4.78, 5) is 2.27. The number of halogens is 2. The molecule has 2 rings (SSSR count). The Kier molecular flexibility index (Phi) is 4.27. The molecule has 0 N–H and O–H groups in total. The van der Waals surface area contributed by atoms with E-state index in [9.17, 15) is 4.21 Å². The van der Waals surface area contributed by atoms with Crippen LogP contribution < -0.4 is 4.90 Å². The van der Waals surface area contributed by atoms with Gasteiger partial charge < -0.3 is 4.90 Å². The van der Waals surface area contributed by atoms with Crippen LogP contribution in [0.3, 0.4) is 0 Å². The average Bonchev–Trinajstić information content (AvgIpc) is 2.30. The van der Waals surface area contributed by atoms with Crippen LogP contribution in [0.15, 0.2) is 22.7 Å². The fourth-order valence-electron chi connectivity index (χ4n) is 1.85. The predicted molar refractivity (Wildman–Crippen MR) is 73.8 cm³/mol. The van der Waals surface area contributed by atoms with Gasteiger partial charge in [-0.2, -0.15) is 0 Å². The van der Waals surface area contributed by atoms with Crippen molar-refractivity contribution < 1.29 is 4.21 Å². The maximum atomic E-state index is 11.3. The Bertz CT molecular complexity index is 403. The summed E-state index contributed by atoms with van der Waals surface area (Å²) in [5, 5.41) is 0. The van der Waals surface area contributed by atoms with Crippen molar-refractivity contribution >= 4 is 44.0 Å². The van der Waals surface area contributed by atoms with Crippen LogP contribution in [0.5, 0.6) is 0 Å². The summed E-state index contributed by atoms with van der Waals surface area (Å²) in [7, 11) is -0.632. The van der Waals surface area contributed by atoms with Crippen LogP contribution in [0, 0.1) is 0 Å². The van der Waals surface area contributed by atoms with Crippen molar-refractivity contribution in [2.75, 3.05) is 29.5 Å². The molecule has 0 saturated carbocycles. The van der Waals surface area contributed by atoms with Crippen molar-refractivity contribution in [1.29, 1.82) is 0 Å². The molecule has 0 atom stereocenters. The highest BCUT2D eigenvalue weighted by atomic mass is 79.9. The van der Waals surface area contributed by atoms with E-state index in [2.05, 4.69) is 26.9 Å².